The van der Waals surface area contributed by atoms with Gasteiger partial charge in [-0.15, -0.1) is 0 Å². The molecule has 3 rings (SSSR count). The van der Waals surface area contributed by atoms with Crippen molar-refractivity contribution in [1.82, 2.24) is 14.6 Å². The predicted molar refractivity (Wildman–Crippen MR) is 127 cm³/mol. The standard InChI is InChI=1S/C25H29N3O4S/c1-4-28(5-2)33(30,31)23-13-11-21(12-14-23)19(3)27-25(29)22-15-16-26-24(17-22)32-18-20-9-7-6-8-10-20/h6-17,19H,4-5,18H2,1-3H3,(H,27,29). The van der Waals surface area contributed by atoms with Crippen LogP contribution in [0.2, 0.25) is 0 Å². The van der Waals surface area contributed by atoms with Crippen LogP contribution in [-0.4, -0.2) is 36.7 Å². The minimum Gasteiger partial charge on any atom is -0.473 e. The van der Waals surface area contributed by atoms with E-state index in [1.807, 2.05) is 51.1 Å². The van der Waals surface area contributed by atoms with Gasteiger partial charge in [0, 0.05) is 30.9 Å². The molecule has 1 amide bonds. The van der Waals surface area contributed by atoms with Gasteiger partial charge in [-0.3, -0.25) is 4.79 Å². The minimum atomic E-state index is -3.51. The number of carbonyl (C=O) groups excluding carboxylic acids is 1. The molecule has 0 aliphatic heterocycles. The Morgan fingerprint density at radius 3 is 2.33 bits per heavy atom. The topological polar surface area (TPSA) is 88.6 Å². The third kappa shape index (κ3) is 6.18. The van der Waals surface area contributed by atoms with E-state index in [2.05, 4.69) is 10.3 Å². The van der Waals surface area contributed by atoms with Crippen LogP contribution in [0, 0.1) is 0 Å². The smallest absolute Gasteiger partial charge is 0.252 e. The van der Waals surface area contributed by atoms with Crippen LogP contribution in [0.25, 0.3) is 0 Å². The Kier molecular flexibility index (Phi) is 8.19. The minimum absolute atomic E-state index is 0.239. The second kappa shape index (κ2) is 11.1. The van der Waals surface area contributed by atoms with Crippen molar-refractivity contribution in [3.05, 3.63) is 89.6 Å². The molecule has 0 radical (unpaired) electrons. The summed E-state index contributed by atoms with van der Waals surface area (Å²) in [7, 11) is -3.51. The third-order valence-corrected chi connectivity index (χ3v) is 7.36. The lowest BCUT2D eigenvalue weighted by molar-refractivity contribution is 0.0939. The molecule has 33 heavy (non-hydrogen) atoms. The van der Waals surface area contributed by atoms with Gasteiger partial charge >= 0.3 is 0 Å². The molecule has 0 aliphatic rings. The maximum absolute atomic E-state index is 12.8. The molecule has 1 unspecified atom stereocenters. The number of nitrogens with zero attached hydrogens (tertiary/aromatic N) is 2. The van der Waals surface area contributed by atoms with E-state index in [4.69, 9.17) is 4.74 Å². The van der Waals surface area contributed by atoms with Gasteiger partial charge in [0.15, 0.2) is 0 Å². The molecule has 0 bridgehead atoms. The highest BCUT2D eigenvalue weighted by atomic mass is 32.2. The lowest BCUT2D eigenvalue weighted by atomic mass is 10.1. The van der Waals surface area contributed by atoms with Crippen molar-refractivity contribution in [3.63, 3.8) is 0 Å². The van der Waals surface area contributed by atoms with E-state index in [1.165, 1.54) is 10.5 Å². The number of aromatic nitrogens is 1. The lowest BCUT2D eigenvalue weighted by Crippen LogP contribution is -2.30. The number of nitrogens with one attached hydrogen (secondary N) is 1. The maximum atomic E-state index is 12.8. The first-order valence-corrected chi connectivity index (χ1v) is 12.3. The average molecular weight is 468 g/mol. The second-order valence-electron chi connectivity index (χ2n) is 7.51. The Hall–Kier alpha value is -3.23. The summed E-state index contributed by atoms with van der Waals surface area (Å²) >= 11 is 0. The van der Waals surface area contributed by atoms with Crippen LogP contribution in [0.1, 0.15) is 48.3 Å². The summed E-state index contributed by atoms with van der Waals surface area (Å²) in [5.74, 6) is 0.0967. The number of hydrogen-bond acceptors (Lipinski definition) is 5. The van der Waals surface area contributed by atoms with Gasteiger partial charge in [-0.2, -0.15) is 4.31 Å². The Bertz CT molecular complexity index is 1160. The van der Waals surface area contributed by atoms with E-state index in [9.17, 15) is 13.2 Å². The molecule has 0 saturated carbocycles. The zero-order valence-electron chi connectivity index (χ0n) is 19.1. The largest absolute Gasteiger partial charge is 0.473 e. The van der Waals surface area contributed by atoms with E-state index in [1.54, 1.807) is 36.4 Å². The molecular formula is C25H29N3O4S. The van der Waals surface area contributed by atoms with Gasteiger partial charge in [-0.05, 0) is 36.2 Å². The molecule has 0 aliphatic carbocycles. The molecule has 1 aromatic heterocycles. The number of benzene rings is 2. The molecule has 0 saturated heterocycles. The number of rotatable bonds is 10. The van der Waals surface area contributed by atoms with Crippen molar-refractivity contribution in [2.24, 2.45) is 0 Å². The van der Waals surface area contributed by atoms with E-state index < -0.39 is 10.0 Å². The Morgan fingerprint density at radius 2 is 1.70 bits per heavy atom. The summed E-state index contributed by atoms with van der Waals surface area (Å²) in [4.78, 5) is 17.2. The summed E-state index contributed by atoms with van der Waals surface area (Å²) in [6.07, 6.45) is 1.53. The van der Waals surface area contributed by atoms with Crippen molar-refractivity contribution in [2.45, 2.75) is 38.3 Å². The SMILES string of the molecule is CCN(CC)S(=O)(=O)c1ccc(C(C)NC(=O)c2ccnc(OCc3ccccc3)c2)cc1. The maximum Gasteiger partial charge on any atom is 0.252 e. The number of ether oxygens (including phenoxy) is 1. The number of pyridine rings is 1. The monoisotopic (exact) mass is 467 g/mol. The molecule has 7 nitrogen and oxygen atoms in total. The van der Waals surface area contributed by atoms with E-state index in [0.29, 0.717) is 31.1 Å². The van der Waals surface area contributed by atoms with Gasteiger partial charge in [0.05, 0.1) is 10.9 Å². The molecule has 1 atom stereocenters. The quantitative estimate of drug-likeness (QED) is 0.483. The summed E-state index contributed by atoms with van der Waals surface area (Å²) in [5, 5.41) is 2.93. The lowest BCUT2D eigenvalue weighted by Gasteiger charge is -2.19. The van der Waals surface area contributed by atoms with Crippen molar-refractivity contribution in [1.29, 1.82) is 0 Å². The van der Waals surface area contributed by atoms with Crippen molar-refractivity contribution < 1.29 is 17.9 Å². The summed E-state index contributed by atoms with van der Waals surface area (Å²) in [5.41, 5.74) is 2.24. The Labute approximate surface area is 195 Å². The van der Waals surface area contributed by atoms with Gasteiger partial charge in [0.25, 0.3) is 5.91 Å². The van der Waals surface area contributed by atoms with Crippen LogP contribution in [0.4, 0.5) is 0 Å². The van der Waals surface area contributed by atoms with Gasteiger partial charge in [0.2, 0.25) is 15.9 Å². The van der Waals surface area contributed by atoms with E-state index >= 15 is 0 Å². The summed E-state index contributed by atoms with van der Waals surface area (Å²) in [6.45, 7) is 6.65. The molecular weight excluding hydrogens is 438 g/mol. The number of hydrogen-bond donors (Lipinski definition) is 1. The van der Waals surface area contributed by atoms with Crippen molar-refractivity contribution >= 4 is 15.9 Å². The fourth-order valence-electron chi connectivity index (χ4n) is 3.37. The average Bonchev–Trinajstić information content (AvgIpc) is 2.84. The third-order valence-electron chi connectivity index (χ3n) is 5.30. The van der Waals surface area contributed by atoms with Crippen molar-refractivity contribution in [2.75, 3.05) is 13.1 Å². The fraction of sp³-hybridized carbons (Fsp3) is 0.280. The van der Waals surface area contributed by atoms with Crippen LogP contribution in [0.15, 0.2) is 77.8 Å². The predicted octanol–water partition coefficient (Wildman–Crippen LogP) is 4.18. The molecule has 8 heteroatoms. The Morgan fingerprint density at radius 1 is 1.03 bits per heavy atom. The molecule has 1 heterocycles. The summed E-state index contributed by atoms with van der Waals surface area (Å²) in [6, 6.07) is 19.2. The van der Waals surface area contributed by atoms with Gasteiger partial charge < -0.3 is 10.1 Å². The van der Waals surface area contributed by atoms with Gasteiger partial charge in [-0.25, -0.2) is 13.4 Å². The Balaban J connectivity index is 1.64. The number of carbonyl (C=O) groups is 1. The van der Waals surface area contributed by atoms with E-state index in [-0.39, 0.29) is 16.8 Å². The first-order valence-electron chi connectivity index (χ1n) is 10.9. The molecule has 0 spiro atoms. The molecule has 174 valence electrons. The highest BCUT2D eigenvalue weighted by molar-refractivity contribution is 7.89. The summed E-state index contributed by atoms with van der Waals surface area (Å²) < 4.78 is 32.4. The molecule has 0 fully saturated rings. The highest BCUT2D eigenvalue weighted by Crippen LogP contribution is 2.20. The van der Waals surface area contributed by atoms with Gasteiger partial charge in [-0.1, -0.05) is 56.3 Å². The van der Waals surface area contributed by atoms with Crippen LogP contribution < -0.4 is 10.1 Å². The zero-order chi connectivity index (χ0) is 23.8. The zero-order valence-corrected chi connectivity index (χ0v) is 19.9. The van der Waals surface area contributed by atoms with E-state index in [0.717, 1.165) is 11.1 Å². The van der Waals surface area contributed by atoms with Crippen LogP contribution in [0.5, 0.6) is 5.88 Å². The fourth-order valence-corrected chi connectivity index (χ4v) is 4.82. The van der Waals surface area contributed by atoms with Crippen LogP contribution in [-0.2, 0) is 16.6 Å². The second-order valence-corrected chi connectivity index (χ2v) is 9.45. The number of sulfonamides is 1. The highest BCUT2D eigenvalue weighted by Gasteiger charge is 2.22. The van der Waals surface area contributed by atoms with Crippen LogP contribution >= 0.6 is 0 Å². The van der Waals surface area contributed by atoms with Crippen LogP contribution in [0.3, 0.4) is 0 Å². The first-order chi connectivity index (χ1) is 15.8. The molecule has 1 N–H and O–H groups in total. The van der Waals surface area contributed by atoms with Gasteiger partial charge in [0.1, 0.15) is 6.61 Å². The molecule has 3 aromatic rings. The normalized spacial score (nSPS) is 12.4. The number of amides is 1. The first kappa shape index (κ1) is 24.4. The molecule has 2 aromatic carbocycles. The van der Waals surface area contributed by atoms with Crippen molar-refractivity contribution in [3.8, 4) is 5.88 Å².